The molecule has 3 nitrogen and oxygen atoms in total. The van der Waals surface area contributed by atoms with Gasteiger partial charge in [-0.15, -0.1) is 0 Å². The van der Waals surface area contributed by atoms with Crippen LogP contribution >= 0.6 is 0 Å². The van der Waals surface area contributed by atoms with Gasteiger partial charge in [0, 0.05) is 17.8 Å². The van der Waals surface area contributed by atoms with Crippen molar-refractivity contribution in [3.8, 4) is 0 Å². The molecule has 0 atom stereocenters. The maximum Gasteiger partial charge on any atom is 0.416 e. The van der Waals surface area contributed by atoms with E-state index in [4.69, 9.17) is 5.73 Å². The number of halogens is 3. The molecule has 22 heavy (non-hydrogen) atoms. The van der Waals surface area contributed by atoms with E-state index in [-0.39, 0.29) is 18.0 Å². The van der Waals surface area contributed by atoms with Gasteiger partial charge in [0.15, 0.2) is 0 Å². The number of hydrogen-bond acceptors (Lipinski definition) is 2. The molecule has 6 heteroatoms. The second-order valence-corrected chi connectivity index (χ2v) is 4.87. The largest absolute Gasteiger partial charge is 0.416 e. The molecule has 0 aliphatic rings. The summed E-state index contributed by atoms with van der Waals surface area (Å²) in [4.78, 5) is 11.8. The minimum Gasteiger partial charge on any atom is -0.399 e. The highest BCUT2D eigenvalue weighted by molar-refractivity contribution is 5.90. The number of nitrogens with two attached hydrogens (primary N) is 1. The first kappa shape index (κ1) is 15.9. The molecule has 0 aliphatic carbocycles. The molecule has 0 spiro atoms. The molecule has 0 aliphatic heterocycles. The summed E-state index contributed by atoms with van der Waals surface area (Å²) in [6, 6.07) is 11.7. The number of nitrogen functional groups attached to an aromatic ring is 1. The Kier molecular flexibility index (Phi) is 4.70. The Morgan fingerprint density at radius 1 is 1.09 bits per heavy atom. The van der Waals surface area contributed by atoms with Crippen molar-refractivity contribution in [2.45, 2.75) is 19.0 Å². The van der Waals surface area contributed by atoms with Crippen molar-refractivity contribution in [2.24, 2.45) is 0 Å². The van der Waals surface area contributed by atoms with Gasteiger partial charge in [0.1, 0.15) is 0 Å². The Labute approximate surface area is 125 Å². The smallest absolute Gasteiger partial charge is 0.399 e. The Morgan fingerprint density at radius 3 is 2.41 bits per heavy atom. The maximum absolute atomic E-state index is 12.6. The molecule has 0 radical (unpaired) electrons. The second-order valence-electron chi connectivity index (χ2n) is 4.87. The molecular weight excluding hydrogens is 293 g/mol. The van der Waals surface area contributed by atoms with Crippen LogP contribution in [0.4, 0.5) is 24.5 Å². The summed E-state index contributed by atoms with van der Waals surface area (Å²) in [5, 5.41) is 2.47. The molecule has 0 bridgehead atoms. The number of rotatable bonds is 4. The van der Waals surface area contributed by atoms with E-state index < -0.39 is 11.7 Å². The molecule has 2 rings (SSSR count). The van der Waals surface area contributed by atoms with Gasteiger partial charge < -0.3 is 11.1 Å². The van der Waals surface area contributed by atoms with Gasteiger partial charge in [0.25, 0.3) is 0 Å². The zero-order chi connectivity index (χ0) is 16.2. The lowest BCUT2D eigenvalue weighted by atomic mass is 10.1. The normalized spacial score (nSPS) is 11.2. The number of carbonyl (C=O) groups excluding carboxylic acids is 1. The van der Waals surface area contributed by atoms with Gasteiger partial charge in [0.2, 0.25) is 5.91 Å². The van der Waals surface area contributed by atoms with Gasteiger partial charge >= 0.3 is 6.18 Å². The van der Waals surface area contributed by atoms with Gasteiger partial charge in [-0.05, 0) is 42.3 Å². The summed E-state index contributed by atoms with van der Waals surface area (Å²) in [5.74, 6) is -0.337. The van der Waals surface area contributed by atoms with Crippen LogP contribution in [0.15, 0.2) is 48.5 Å². The van der Waals surface area contributed by atoms with Crippen molar-refractivity contribution in [3.63, 3.8) is 0 Å². The lowest BCUT2D eigenvalue weighted by Gasteiger charge is -2.10. The number of anilines is 2. The van der Waals surface area contributed by atoms with E-state index in [0.29, 0.717) is 12.1 Å². The fourth-order valence-corrected chi connectivity index (χ4v) is 1.94. The van der Waals surface area contributed by atoms with Gasteiger partial charge in [0.05, 0.1) is 5.56 Å². The number of alkyl halides is 3. The third-order valence-electron chi connectivity index (χ3n) is 3.09. The Hall–Kier alpha value is -2.50. The molecule has 0 saturated heterocycles. The first-order chi connectivity index (χ1) is 10.3. The SMILES string of the molecule is Nc1ccc(CCC(=O)Nc2cccc(C(F)(F)F)c2)cc1. The lowest BCUT2D eigenvalue weighted by Crippen LogP contribution is -2.13. The molecule has 3 N–H and O–H groups in total. The van der Waals surface area contributed by atoms with Crippen LogP contribution in [0.2, 0.25) is 0 Å². The Bertz CT molecular complexity index is 651. The predicted molar refractivity (Wildman–Crippen MR) is 79.2 cm³/mol. The number of benzene rings is 2. The van der Waals surface area contributed by atoms with Gasteiger partial charge in [-0.3, -0.25) is 4.79 Å². The first-order valence-corrected chi connectivity index (χ1v) is 6.66. The van der Waals surface area contributed by atoms with Crippen molar-refractivity contribution in [2.75, 3.05) is 11.1 Å². The van der Waals surface area contributed by atoms with Gasteiger partial charge in [-0.1, -0.05) is 18.2 Å². The van der Waals surface area contributed by atoms with Crippen LogP contribution in [0.1, 0.15) is 17.5 Å². The third-order valence-corrected chi connectivity index (χ3v) is 3.09. The Morgan fingerprint density at radius 2 is 1.77 bits per heavy atom. The van der Waals surface area contributed by atoms with Crippen LogP contribution in [0.3, 0.4) is 0 Å². The highest BCUT2D eigenvalue weighted by atomic mass is 19.4. The van der Waals surface area contributed by atoms with E-state index in [1.807, 2.05) is 12.1 Å². The monoisotopic (exact) mass is 308 g/mol. The third kappa shape index (κ3) is 4.51. The number of hydrogen-bond donors (Lipinski definition) is 2. The van der Waals surface area contributed by atoms with E-state index in [0.717, 1.165) is 17.7 Å². The van der Waals surface area contributed by atoms with Crippen molar-refractivity contribution >= 4 is 17.3 Å². The van der Waals surface area contributed by atoms with E-state index >= 15 is 0 Å². The number of nitrogens with one attached hydrogen (secondary N) is 1. The standard InChI is InChI=1S/C16H15F3N2O/c17-16(18,19)12-2-1-3-14(10-12)21-15(22)9-6-11-4-7-13(20)8-5-11/h1-5,7-8,10H,6,9,20H2,(H,21,22). The van der Waals surface area contributed by atoms with E-state index in [1.165, 1.54) is 12.1 Å². The van der Waals surface area contributed by atoms with Crippen LogP contribution in [0.5, 0.6) is 0 Å². The van der Waals surface area contributed by atoms with Gasteiger partial charge in [-0.25, -0.2) is 0 Å². The zero-order valence-corrected chi connectivity index (χ0v) is 11.7. The average molecular weight is 308 g/mol. The van der Waals surface area contributed by atoms with E-state index in [1.54, 1.807) is 12.1 Å². The molecule has 2 aromatic carbocycles. The summed E-state index contributed by atoms with van der Waals surface area (Å²) in [7, 11) is 0. The highest BCUT2D eigenvalue weighted by Crippen LogP contribution is 2.30. The lowest BCUT2D eigenvalue weighted by molar-refractivity contribution is -0.137. The molecule has 0 saturated carbocycles. The minimum absolute atomic E-state index is 0.136. The van der Waals surface area contributed by atoms with Crippen LogP contribution in [0.25, 0.3) is 0 Å². The van der Waals surface area contributed by atoms with Crippen molar-refractivity contribution in [3.05, 3.63) is 59.7 Å². The van der Waals surface area contributed by atoms with Crippen molar-refractivity contribution < 1.29 is 18.0 Å². The average Bonchev–Trinajstić information content (AvgIpc) is 2.46. The Balaban J connectivity index is 1.93. The number of aryl methyl sites for hydroxylation is 1. The fraction of sp³-hybridized carbons (Fsp3) is 0.188. The molecule has 2 aromatic rings. The molecule has 116 valence electrons. The van der Waals surface area contributed by atoms with Crippen LogP contribution in [-0.2, 0) is 17.4 Å². The van der Waals surface area contributed by atoms with Crippen LogP contribution < -0.4 is 11.1 Å². The topological polar surface area (TPSA) is 55.1 Å². The highest BCUT2D eigenvalue weighted by Gasteiger charge is 2.30. The number of carbonyl (C=O) groups is 1. The van der Waals surface area contributed by atoms with Gasteiger partial charge in [-0.2, -0.15) is 13.2 Å². The fourth-order valence-electron chi connectivity index (χ4n) is 1.94. The summed E-state index contributed by atoms with van der Waals surface area (Å²) >= 11 is 0. The first-order valence-electron chi connectivity index (χ1n) is 6.66. The predicted octanol–water partition coefficient (Wildman–Crippen LogP) is 3.86. The second kappa shape index (κ2) is 6.51. The van der Waals surface area contributed by atoms with Crippen LogP contribution in [-0.4, -0.2) is 5.91 Å². The van der Waals surface area contributed by atoms with Crippen molar-refractivity contribution in [1.82, 2.24) is 0 Å². The quantitative estimate of drug-likeness (QED) is 0.843. The minimum atomic E-state index is -4.43. The summed E-state index contributed by atoms with van der Waals surface area (Å²) in [6.07, 6.45) is -3.75. The molecule has 0 unspecified atom stereocenters. The molecule has 0 fully saturated rings. The van der Waals surface area contributed by atoms with E-state index in [9.17, 15) is 18.0 Å². The maximum atomic E-state index is 12.6. The zero-order valence-electron chi connectivity index (χ0n) is 11.7. The number of amides is 1. The molecular formula is C16H15F3N2O. The van der Waals surface area contributed by atoms with E-state index in [2.05, 4.69) is 5.32 Å². The van der Waals surface area contributed by atoms with Crippen LogP contribution in [0, 0.1) is 0 Å². The summed E-state index contributed by atoms with van der Waals surface area (Å²) in [5.41, 5.74) is 6.49. The summed E-state index contributed by atoms with van der Waals surface area (Å²) < 4.78 is 37.8. The molecule has 1 amide bonds. The molecule has 0 heterocycles. The molecule has 0 aromatic heterocycles. The van der Waals surface area contributed by atoms with Crippen molar-refractivity contribution in [1.29, 1.82) is 0 Å². The summed E-state index contributed by atoms with van der Waals surface area (Å²) in [6.45, 7) is 0.